The topological polar surface area (TPSA) is 55.5 Å². The van der Waals surface area contributed by atoms with Gasteiger partial charge in [-0.05, 0) is 31.5 Å². The summed E-state index contributed by atoms with van der Waals surface area (Å²) in [5.74, 6) is 0. The molecule has 1 rings (SSSR count). The predicted octanol–water partition coefficient (Wildman–Crippen LogP) is 3.28. The second-order valence-corrected chi connectivity index (χ2v) is 12.7. The van der Waals surface area contributed by atoms with E-state index in [0.29, 0.717) is 13.0 Å². The maximum absolute atomic E-state index is 11.8. The van der Waals surface area contributed by atoms with Gasteiger partial charge < -0.3 is 14.7 Å². The monoisotopic (exact) mass is 301 g/mol. The normalized spacial score (nSPS) is 24.1. The Morgan fingerprint density at radius 1 is 1.35 bits per heavy atom. The smallest absolute Gasteiger partial charge is 0.192 e. The SMILES string of the molecule is CC(C)(C)[Si](C)(C)OC[C@@](C)(O)C[C@H]1CCCC=[N+]1[O-]. The molecule has 20 heavy (non-hydrogen) atoms. The van der Waals surface area contributed by atoms with Gasteiger partial charge in [0.25, 0.3) is 0 Å². The average molecular weight is 302 g/mol. The van der Waals surface area contributed by atoms with Crippen LogP contribution in [0.25, 0.3) is 0 Å². The second-order valence-electron chi connectivity index (χ2n) is 7.88. The lowest BCUT2D eigenvalue weighted by Gasteiger charge is -2.39. The van der Waals surface area contributed by atoms with Crippen LogP contribution >= 0.6 is 0 Å². The molecule has 0 unspecified atom stereocenters. The van der Waals surface area contributed by atoms with Crippen molar-refractivity contribution in [3.05, 3.63) is 5.21 Å². The van der Waals surface area contributed by atoms with Crippen LogP contribution < -0.4 is 0 Å². The van der Waals surface area contributed by atoms with E-state index in [2.05, 4.69) is 33.9 Å². The highest BCUT2D eigenvalue weighted by atomic mass is 28.4. The fourth-order valence-electron chi connectivity index (χ4n) is 2.16. The van der Waals surface area contributed by atoms with Crippen LogP contribution in [-0.2, 0) is 4.43 Å². The van der Waals surface area contributed by atoms with Gasteiger partial charge >= 0.3 is 0 Å². The Morgan fingerprint density at radius 3 is 2.45 bits per heavy atom. The molecule has 1 aliphatic heterocycles. The van der Waals surface area contributed by atoms with E-state index in [0.717, 1.165) is 24.0 Å². The van der Waals surface area contributed by atoms with Gasteiger partial charge in [-0.1, -0.05) is 20.8 Å². The van der Waals surface area contributed by atoms with Crippen molar-refractivity contribution in [1.29, 1.82) is 0 Å². The zero-order valence-electron chi connectivity index (χ0n) is 13.9. The van der Waals surface area contributed by atoms with Crippen LogP contribution in [0, 0.1) is 5.21 Å². The van der Waals surface area contributed by atoms with Crippen molar-refractivity contribution in [2.45, 2.75) is 83.2 Å². The summed E-state index contributed by atoms with van der Waals surface area (Å²) in [5.41, 5.74) is -0.936. The molecule has 4 nitrogen and oxygen atoms in total. The van der Waals surface area contributed by atoms with E-state index >= 15 is 0 Å². The quantitative estimate of drug-likeness (QED) is 0.481. The van der Waals surface area contributed by atoms with Gasteiger partial charge in [-0.2, -0.15) is 0 Å². The van der Waals surface area contributed by atoms with Crippen LogP contribution in [0.5, 0.6) is 0 Å². The van der Waals surface area contributed by atoms with Crippen molar-refractivity contribution in [2.24, 2.45) is 0 Å². The molecule has 0 saturated carbocycles. The van der Waals surface area contributed by atoms with Gasteiger partial charge in [0.15, 0.2) is 20.6 Å². The summed E-state index contributed by atoms with van der Waals surface area (Å²) in [6.45, 7) is 13.0. The molecule has 2 atom stereocenters. The average Bonchev–Trinajstić information content (AvgIpc) is 2.28. The van der Waals surface area contributed by atoms with E-state index in [1.165, 1.54) is 0 Å². The Morgan fingerprint density at radius 2 is 1.95 bits per heavy atom. The number of aliphatic hydroxyl groups is 1. The maximum Gasteiger partial charge on any atom is 0.192 e. The molecular formula is C15H31NO3Si. The fourth-order valence-corrected chi connectivity index (χ4v) is 3.26. The van der Waals surface area contributed by atoms with E-state index in [9.17, 15) is 10.3 Å². The largest absolute Gasteiger partial charge is 0.624 e. The fraction of sp³-hybridized carbons (Fsp3) is 0.933. The molecule has 0 spiro atoms. The van der Waals surface area contributed by atoms with Crippen LogP contribution in [0.4, 0.5) is 0 Å². The van der Waals surface area contributed by atoms with Gasteiger partial charge in [0.05, 0.1) is 12.2 Å². The molecular weight excluding hydrogens is 270 g/mol. The molecule has 0 fully saturated rings. The van der Waals surface area contributed by atoms with Gasteiger partial charge in [-0.3, -0.25) is 0 Å². The number of hydroxylamine groups is 1. The zero-order chi connectivity index (χ0) is 15.6. The summed E-state index contributed by atoms with van der Waals surface area (Å²) in [6, 6.07) is -0.109. The summed E-state index contributed by atoms with van der Waals surface area (Å²) in [7, 11) is -1.86. The van der Waals surface area contributed by atoms with Crippen molar-refractivity contribution in [1.82, 2.24) is 0 Å². The van der Waals surface area contributed by atoms with Crippen LogP contribution in [0.1, 0.15) is 53.4 Å². The van der Waals surface area contributed by atoms with Gasteiger partial charge in [0, 0.05) is 19.3 Å². The minimum atomic E-state index is -1.86. The molecule has 0 aromatic carbocycles. The lowest BCUT2D eigenvalue weighted by atomic mass is 9.93. The molecule has 0 saturated heterocycles. The second kappa shape index (κ2) is 6.16. The Labute approximate surface area is 124 Å². The molecule has 0 amide bonds. The van der Waals surface area contributed by atoms with Crippen molar-refractivity contribution >= 4 is 14.5 Å². The van der Waals surface area contributed by atoms with Crippen LogP contribution in [0.15, 0.2) is 0 Å². The molecule has 1 aliphatic rings. The van der Waals surface area contributed by atoms with E-state index in [-0.39, 0.29) is 11.1 Å². The Bertz CT molecular complexity index is 359. The molecule has 1 N–H and O–H groups in total. The molecule has 0 radical (unpaired) electrons. The molecule has 5 heteroatoms. The summed E-state index contributed by atoms with van der Waals surface area (Å²) in [5, 5.41) is 22.4. The van der Waals surface area contributed by atoms with Gasteiger partial charge in [0.2, 0.25) is 0 Å². The summed E-state index contributed by atoms with van der Waals surface area (Å²) < 4.78 is 7.11. The molecule has 1 heterocycles. The molecule has 0 aromatic heterocycles. The van der Waals surface area contributed by atoms with Crippen molar-refractivity contribution in [3.8, 4) is 0 Å². The highest BCUT2D eigenvalue weighted by Gasteiger charge is 2.40. The minimum Gasteiger partial charge on any atom is -0.624 e. The highest BCUT2D eigenvalue weighted by Crippen LogP contribution is 2.37. The van der Waals surface area contributed by atoms with E-state index < -0.39 is 13.9 Å². The Balaban J connectivity index is 2.57. The molecule has 0 bridgehead atoms. The van der Waals surface area contributed by atoms with Gasteiger partial charge in [-0.25, -0.2) is 4.74 Å². The number of hydrogen-bond acceptors (Lipinski definition) is 3. The van der Waals surface area contributed by atoms with Crippen LogP contribution in [0.2, 0.25) is 18.1 Å². The zero-order valence-corrected chi connectivity index (χ0v) is 14.9. The highest BCUT2D eigenvalue weighted by molar-refractivity contribution is 6.74. The molecule has 118 valence electrons. The first-order valence-electron chi connectivity index (χ1n) is 7.60. The van der Waals surface area contributed by atoms with E-state index in [4.69, 9.17) is 4.43 Å². The van der Waals surface area contributed by atoms with E-state index in [1.54, 1.807) is 13.1 Å². The lowest BCUT2D eigenvalue weighted by Crippen LogP contribution is -2.47. The standard InChI is InChI=1S/C15H31NO3Si/c1-14(2,3)20(5,6)19-12-15(4,17)11-13-9-7-8-10-16(13)18/h10,13,17H,7-9,11-12H2,1-6H3/t13-,15+/m1/s1. The number of rotatable bonds is 5. The number of hydrogen-bond donors (Lipinski definition) is 1. The van der Waals surface area contributed by atoms with Gasteiger partial charge in [-0.15, -0.1) is 0 Å². The number of nitrogens with zero attached hydrogens (tertiary/aromatic N) is 1. The third-order valence-corrected chi connectivity index (χ3v) is 9.11. The van der Waals surface area contributed by atoms with Crippen molar-refractivity contribution in [3.63, 3.8) is 0 Å². The molecule has 0 aliphatic carbocycles. The first-order valence-corrected chi connectivity index (χ1v) is 10.5. The third-order valence-electron chi connectivity index (χ3n) is 4.64. The third kappa shape index (κ3) is 4.86. The van der Waals surface area contributed by atoms with Crippen LogP contribution in [0.3, 0.4) is 0 Å². The van der Waals surface area contributed by atoms with Crippen LogP contribution in [-0.4, -0.2) is 42.6 Å². The first kappa shape index (κ1) is 17.7. The predicted molar refractivity (Wildman–Crippen MR) is 85.7 cm³/mol. The van der Waals surface area contributed by atoms with E-state index in [1.807, 2.05) is 0 Å². The molecule has 0 aromatic rings. The van der Waals surface area contributed by atoms with Crippen molar-refractivity contribution in [2.75, 3.05) is 6.61 Å². The van der Waals surface area contributed by atoms with Crippen molar-refractivity contribution < 1.29 is 14.3 Å². The lowest BCUT2D eigenvalue weighted by molar-refractivity contribution is -0.508. The maximum atomic E-state index is 11.8. The minimum absolute atomic E-state index is 0.109. The van der Waals surface area contributed by atoms with Gasteiger partial charge in [0.1, 0.15) is 0 Å². The Kier molecular flexibility index (Phi) is 5.44. The Hall–Kier alpha value is -0.393. The first-order chi connectivity index (χ1) is 8.95. The summed E-state index contributed by atoms with van der Waals surface area (Å²) in [6.07, 6.45) is 4.90. The summed E-state index contributed by atoms with van der Waals surface area (Å²) in [4.78, 5) is 0. The summed E-state index contributed by atoms with van der Waals surface area (Å²) >= 11 is 0.